The molecule has 0 bridgehead atoms. The van der Waals surface area contributed by atoms with Gasteiger partial charge >= 0.3 is 0 Å². The van der Waals surface area contributed by atoms with E-state index in [9.17, 15) is 16.8 Å². The van der Waals surface area contributed by atoms with E-state index in [2.05, 4.69) is 18.6 Å². The molecule has 1 N–H and O–H groups in total. The van der Waals surface area contributed by atoms with E-state index in [4.69, 9.17) is 0 Å². The van der Waals surface area contributed by atoms with Crippen LogP contribution in [0.3, 0.4) is 0 Å². The smallest absolute Gasteiger partial charge is 0.228 e. The van der Waals surface area contributed by atoms with Gasteiger partial charge in [-0.2, -0.15) is 0 Å². The van der Waals surface area contributed by atoms with Crippen LogP contribution < -0.4 is 4.72 Å². The maximum Gasteiger partial charge on any atom is 0.240 e. The zero-order chi connectivity index (χ0) is 16.6. The molecule has 0 aliphatic heterocycles. The van der Waals surface area contributed by atoms with Crippen molar-refractivity contribution in [3.63, 3.8) is 0 Å². The number of benzene rings is 1. The van der Waals surface area contributed by atoms with Gasteiger partial charge in [-0.3, -0.25) is 0 Å². The maximum absolute atomic E-state index is 12.3. The predicted molar refractivity (Wildman–Crippen MR) is 87.1 cm³/mol. The van der Waals surface area contributed by atoms with Crippen LogP contribution in [0, 0.1) is 0 Å². The molecule has 1 fully saturated rings. The van der Waals surface area contributed by atoms with Gasteiger partial charge in [0.15, 0.2) is 9.84 Å². The average molecular weight is 345 g/mol. The van der Waals surface area contributed by atoms with Gasteiger partial charge in [0.05, 0.1) is 9.64 Å². The molecule has 0 unspecified atom stereocenters. The molecule has 1 atom stereocenters. The summed E-state index contributed by atoms with van der Waals surface area (Å²) < 4.78 is 49.5. The second-order valence-electron chi connectivity index (χ2n) is 6.16. The molecule has 0 spiro atoms. The predicted octanol–water partition coefficient (Wildman–Crippen LogP) is 2.06. The first-order valence-electron chi connectivity index (χ1n) is 7.40. The highest BCUT2D eigenvalue weighted by atomic mass is 32.2. The summed E-state index contributed by atoms with van der Waals surface area (Å²) >= 11 is 0. The van der Waals surface area contributed by atoms with Crippen LogP contribution >= 0.6 is 0 Å². The molecule has 0 heterocycles. The first-order chi connectivity index (χ1) is 10.1. The third-order valence-electron chi connectivity index (χ3n) is 4.55. The minimum absolute atomic E-state index is 0.0543. The van der Waals surface area contributed by atoms with Crippen molar-refractivity contribution in [2.24, 2.45) is 0 Å². The molecule has 0 radical (unpaired) electrons. The van der Waals surface area contributed by atoms with E-state index in [1.54, 1.807) is 12.1 Å². The summed E-state index contributed by atoms with van der Waals surface area (Å²) in [4.78, 5) is 0.170. The minimum Gasteiger partial charge on any atom is -0.228 e. The Hall–Kier alpha value is -0.920. The molecule has 0 aromatic heterocycles. The number of sulfonamides is 1. The Bertz CT molecular complexity index is 732. The van der Waals surface area contributed by atoms with Crippen molar-refractivity contribution < 1.29 is 16.8 Å². The first-order valence-corrected chi connectivity index (χ1v) is 10.8. The molecule has 7 heteroatoms. The van der Waals surface area contributed by atoms with E-state index in [1.807, 2.05) is 12.1 Å². The van der Waals surface area contributed by atoms with Crippen LogP contribution in [0.15, 0.2) is 29.2 Å². The van der Waals surface area contributed by atoms with Crippen LogP contribution in [0.2, 0.25) is 0 Å². The van der Waals surface area contributed by atoms with Crippen molar-refractivity contribution in [2.75, 3.05) is 12.8 Å². The number of sulfone groups is 1. The van der Waals surface area contributed by atoms with Crippen LogP contribution in [0.25, 0.3) is 0 Å². The summed E-state index contributed by atoms with van der Waals surface area (Å²) in [6.07, 6.45) is 3.18. The van der Waals surface area contributed by atoms with Crippen molar-refractivity contribution in [2.45, 2.75) is 48.7 Å². The molecule has 1 aliphatic rings. The zero-order valence-electron chi connectivity index (χ0n) is 13.2. The molecule has 22 heavy (non-hydrogen) atoms. The lowest BCUT2D eigenvalue weighted by molar-refractivity contribution is 0.566. The van der Waals surface area contributed by atoms with Gasteiger partial charge in [0.2, 0.25) is 10.0 Å². The van der Waals surface area contributed by atoms with Crippen LogP contribution in [0.4, 0.5) is 0 Å². The number of rotatable bonds is 7. The van der Waals surface area contributed by atoms with Crippen molar-refractivity contribution in [1.29, 1.82) is 0 Å². The quantitative estimate of drug-likeness (QED) is 0.820. The fraction of sp³-hybridized carbons (Fsp3) is 0.600. The Labute approximate surface area is 133 Å². The van der Waals surface area contributed by atoms with Crippen molar-refractivity contribution in [1.82, 2.24) is 4.72 Å². The average Bonchev–Trinajstić information content (AvgIpc) is 3.25. The second-order valence-corrected chi connectivity index (χ2v) is 10.3. The molecule has 2 rings (SSSR count). The van der Waals surface area contributed by atoms with Crippen molar-refractivity contribution in [3.8, 4) is 0 Å². The van der Waals surface area contributed by atoms with Gasteiger partial charge in [0.1, 0.15) is 0 Å². The molecular weight excluding hydrogens is 322 g/mol. The van der Waals surface area contributed by atoms with Crippen LogP contribution in [0.1, 0.15) is 44.6 Å². The fourth-order valence-corrected chi connectivity index (χ4v) is 4.74. The molecule has 0 amide bonds. The summed E-state index contributed by atoms with van der Waals surface area (Å²) in [5, 5.41) is 0. The molecule has 1 aliphatic carbocycles. The summed E-state index contributed by atoms with van der Waals surface area (Å²) in [6, 6.07) is 6.77. The Balaban J connectivity index is 2.11. The Morgan fingerprint density at radius 3 is 2.09 bits per heavy atom. The third kappa shape index (κ3) is 3.52. The first kappa shape index (κ1) is 17.4. The second kappa shape index (κ2) is 5.94. The van der Waals surface area contributed by atoms with E-state index < -0.39 is 24.6 Å². The molecule has 1 saturated carbocycles. The van der Waals surface area contributed by atoms with Crippen molar-refractivity contribution in [3.05, 3.63) is 29.8 Å². The highest BCUT2D eigenvalue weighted by Crippen LogP contribution is 2.42. The number of hydrogen-bond acceptors (Lipinski definition) is 4. The van der Waals surface area contributed by atoms with Crippen LogP contribution in [0.5, 0.6) is 0 Å². The molecule has 1 aromatic rings. The van der Waals surface area contributed by atoms with Gasteiger partial charge in [0, 0.05) is 12.8 Å². The van der Waals surface area contributed by atoms with Crippen LogP contribution in [-0.4, -0.2) is 34.4 Å². The summed E-state index contributed by atoms with van der Waals surface area (Å²) in [5.41, 5.74) is 1.09. The summed E-state index contributed by atoms with van der Waals surface area (Å²) in [7, 11) is -6.92. The highest BCUT2D eigenvalue weighted by molar-refractivity contribution is 7.92. The molecule has 124 valence electrons. The minimum atomic E-state index is -3.68. The SMILES string of the molecule is CC[C@H](C)c1ccc(S(=O)(=O)NCC2(S(C)(=O)=O)CC2)cc1. The van der Waals surface area contributed by atoms with E-state index in [-0.39, 0.29) is 11.4 Å². The topological polar surface area (TPSA) is 80.3 Å². The maximum atomic E-state index is 12.3. The summed E-state index contributed by atoms with van der Waals surface area (Å²) in [6.45, 7) is 4.11. The lowest BCUT2D eigenvalue weighted by Gasteiger charge is -2.15. The molecular formula is C15H23NO4S2. The van der Waals surface area contributed by atoms with Gasteiger partial charge in [-0.15, -0.1) is 0 Å². The van der Waals surface area contributed by atoms with Crippen molar-refractivity contribution >= 4 is 19.9 Å². The normalized spacial score (nSPS) is 18.9. The van der Waals surface area contributed by atoms with E-state index in [0.29, 0.717) is 18.8 Å². The molecule has 5 nitrogen and oxygen atoms in total. The molecule has 0 saturated heterocycles. The Morgan fingerprint density at radius 2 is 1.68 bits per heavy atom. The van der Waals surface area contributed by atoms with E-state index >= 15 is 0 Å². The lowest BCUT2D eigenvalue weighted by atomic mass is 9.99. The summed E-state index contributed by atoms with van der Waals surface area (Å²) in [5.74, 6) is 0.379. The number of hydrogen-bond donors (Lipinski definition) is 1. The molecule has 1 aromatic carbocycles. The van der Waals surface area contributed by atoms with Gasteiger partial charge in [0.25, 0.3) is 0 Å². The zero-order valence-corrected chi connectivity index (χ0v) is 14.8. The van der Waals surface area contributed by atoms with Gasteiger partial charge in [-0.25, -0.2) is 21.6 Å². The lowest BCUT2D eigenvalue weighted by Crippen LogP contribution is -2.38. The van der Waals surface area contributed by atoms with Gasteiger partial charge < -0.3 is 0 Å². The van der Waals surface area contributed by atoms with E-state index in [1.165, 1.54) is 0 Å². The van der Waals surface area contributed by atoms with Gasteiger partial charge in [-0.1, -0.05) is 26.0 Å². The standard InChI is InChI=1S/C15H23NO4S2/c1-4-12(2)13-5-7-14(8-6-13)22(19,20)16-11-15(9-10-15)21(3,17)18/h5-8,12,16H,4,9-11H2,1-3H3/t12-/m0/s1. The monoisotopic (exact) mass is 345 g/mol. The van der Waals surface area contributed by atoms with E-state index in [0.717, 1.165) is 18.2 Å². The van der Waals surface area contributed by atoms with Crippen LogP contribution in [-0.2, 0) is 19.9 Å². The number of nitrogens with one attached hydrogen (secondary N) is 1. The Morgan fingerprint density at radius 1 is 1.14 bits per heavy atom. The fourth-order valence-electron chi connectivity index (χ4n) is 2.34. The Kier molecular flexibility index (Phi) is 4.71. The highest BCUT2D eigenvalue weighted by Gasteiger charge is 2.52. The third-order valence-corrected chi connectivity index (χ3v) is 8.09. The largest absolute Gasteiger partial charge is 0.240 e. The van der Waals surface area contributed by atoms with Gasteiger partial charge in [-0.05, 0) is 42.9 Å².